The van der Waals surface area contributed by atoms with Crippen LogP contribution in [0, 0.1) is 0 Å². The molecule has 0 amide bonds. The van der Waals surface area contributed by atoms with E-state index in [2.05, 4.69) is 31.9 Å². The summed E-state index contributed by atoms with van der Waals surface area (Å²) in [6, 6.07) is 10.4. The van der Waals surface area contributed by atoms with Gasteiger partial charge in [-0.15, -0.1) is 0 Å². The first-order valence-corrected chi connectivity index (χ1v) is 7.63. The van der Waals surface area contributed by atoms with Crippen LogP contribution < -0.4 is 10.6 Å². The number of benzene rings is 1. The third-order valence-electron chi connectivity index (χ3n) is 3.70. The molecule has 1 fully saturated rings. The molecule has 4 nitrogen and oxygen atoms in total. The standard InChI is InChI=1S/C15H17BrN4/c16-13-6-2-1-5-12(13)14-7-8-18-15(19-14)20-9-3-4-11(20)10-17/h1-2,5-8,11H,3-4,9-10,17H2. The van der Waals surface area contributed by atoms with Crippen molar-refractivity contribution in [3.8, 4) is 11.3 Å². The van der Waals surface area contributed by atoms with Gasteiger partial charge >= 0.3 is 0 Å². The highest BCUT2D eigenvalue weighted by Gasteiger charge is 2.25. The lowest BCUT2D eigenvalue weighted by Gasteiger charge is -2.23. The fourth-order valence-electron chi connectivity index (χ4n) is 2.65. The van der Waals surface area contributed by atoms with E-state index in [1.807, 2.05) is 30.5 Å². The van der Waals surface area contributed by atoms with E-state index in [1.54, 1.807) is 0 Å². The third kappa shape index (κ3) is 2.55. The zero-order valence-corrected chi connectivity index (χ0v) is 12.8. The van der Waals surface area contributed by atoms with Crippen LogP contribution in [0.2, 0.25) is 0 Å². The zero-order chi connectivity index (χ0) is 13.9. The van der Waals surface area contributed by atoms with Crippen LogP contribution in [0.15, 0.2) is 41.0 Å². The predicted molar refractivity (Wildman–Crippen MR) is 84.6 cm³/mol. The lowest BCUT2D eigenvalue weighted by molar-refractivity contribution is 0.664. The molecule has 1 saturated heterocycles. The number of anilines is 1. The SMILES string of the molecule is NCC1CCCN1c1nccc(-c2ccccc2Br)n1. The topological polar surface area (TPSA) is 55.0 Å². The highest BCUT2D eigenvalue weighted by molar-refractivity contribution is 9.10. The molecule has 0 aliphatic carbocycles. The van der Waals surface area contributed by atoms with E-state index in [1.165, 1.54) is 0 Å². The van der Waals surface area contributed by atoms with Gasteiger partial charge in [0.1, 0.15) is 0 Å². The van der Waals surface area contributed by atoms with E-state index in [0.717, 1.165) is 41.1 Å². The van der Waals surface area contributed by atoms with Crippen LogP contribution in [0.25, 0.3) is 11.3 Å². The summed E-state index contributed by atoms with van der Waals surface area (Å²) in [6.45, 7) is 1.64. The van der Waals surface area contributed by atoms with E-state index >= 15 is 0 Å². The van der Waals surface area contributed by atoms with Crippen molar-refractivity contribution in [3.05, 3.63) is 41.0 Å². The first kappa shape index (κ1) is 13.5. The molecule has 1 aromatic heterocycles. The van der Waals surface area contributed by atoms with Gasteiger partial charge in [0.15, 0.2) is 0 Å². The molecule has 1 unspecified atom stereocenters. The van der Waals surface area contributed by atoms with Gasteiger partial charge in [0.2, 0.25) is 5.95 Å². The summed E-state index contributed by atoms with van der Waals surface area (Å²) in [5.74, 6) is 0.784. The van der Waals surface area contributed by atoms with Crippen molar-refractivity contribution in [2.45, 2.75) is 18.9 Å². The Morgan fingerprint density at radius 3 is 2.95 bits per heavy atom. The van der Waals surface area contributed by atoms with Gasteiger partial charge in [-0.2, -0.15) is 0 Å². The van der Waals surface area contributed by atoms with Gasteiger partial charge in [-0.3, -0.25) is 0 Å². The predicted octanol–water partition coefficient (Wildman–Crippen LogP) is 2.83. The molecule has 1 aliphatic rings. The second-order valence-electron chi connectivity index (χ2n) is 4.95. The maximum Gasteiger partial charge on any atom is 0.226 e. The fraction of sp³-hybridized carbons (Fsp3) is 0.333. The maximum atomic E-state index is 5.83. The Bertz CT molecular complexity index is 602. The molecular weight excluding hydrogens is 316 g/mol. The van der Waals surface area contributed by atoms with Gasteiger partial charge in [-0.25, -0.2) is 9.97 Å². The van der Waals surface area contributed by atoms with E-state index in [0.29, 0.717) is 12.6 Å². The van der Waals surface area contributed by atoms with Gasteiger partial charge in [-0.05, 0) is 25.0 Å². The number of halogens is 1. The van der Waals surface area contributed by atoms with E-state index in [9.17, 15) is 0 Å². The van der Waals surface area contributed by atoms with Gasteiger partial charge in [0, 0.05) is 35.4 Å². The summed E-state index contributed by atoms with van der Waals surface area (Å²) in [5, 5.41) is 0. The van der Waals surface area contributed by atoms with Crippen LogP contribution in [0.5, 0.6) is 0 Å². The molecule has 0 bridgehead atoms. The van der Waals surface area contributed by atoms with Crippen LogP contribution in [0.1, 0.15) is 12.8 Å². The zero-order valence-electron chi connectivity index (χ0n) is 11.2. The van der Waals surface area contributed by atoms with E-state index in [4.69, 9.17) is 10.7 Å². The number of rotatable bonds is 3. The van der Waals surface area contributed by atoms with Crippen LogP contribution in [0.4, 0.5) is 5.95 Å². The van der Waals surface area contributed by atoms with Crippen molar-refractivity contribution >= 4 is 21.9 Å². The lowest BCUT2D eigenvalue weighted by atomic mass is 10.1. The molecule has 2 heterocycles. The second-order valence-corrected chi connectivity index (χ2v) is 5.80. The summed E-state index contributed by atoms with van der Waals surface area (Å²) in [7, 11) is 0. The van der Waals surface area contributed by atoms with Gasteiger partial charge < -0.3 is 10.6 Å². The molecule has 5 heteroatoms. The summed E-state index contributed by atoms with van der Waals surface area (Å²) in [6.07, 6.45) is 4.10. The molecule has 0 spiro atoms. The Labute approximate surface area is 127 Å². The maximum absolute atomic E-state index is 5.83. The average Bonchev–Trinajstić information content (AvgIpc) is 2.96. The minimum Gasteiger partial charge on any atom is -0.337 e. The quantitative estimate of drug-likeness (QED) is 0.938. The minimum absolute atomic E-state index is 0.365. The number of nitrogens with zero attached hydrogens (tertiary/aromatic N) is 3. The van der Waals surface area contributed by atoms with Crippen LogP contribution in [0.3, 0.4) is 0 Å². The van der Waals surface area contributed by atoms with E-state index < -0.39 is 0 Å². The minimum atomic E-state index is 0.365. The Hall–Kier alpha value is -1.46. The highest BCUT2D eigenvalue weighted by Crippen LogP contribution is 2.28. The van der Waals surface area contributed by atoms with Gasteiger partial charge in [0.05, 0.1) is 5.69 Å². The van der Waals surface area contributed by atoms with Gasteiger partial charge in [-0.1, -0.05) is 34.1 Å². The summed E-state index contributed by atoms with van der Waals surface area (Å²) >= 11 is 3.57. The van der Waals surface area contributed by atoms with Crippen molar-refractivity contribution in [3.63, 3.8) is 0 Å². The highest BCUT2D eigenvalue weighted by atomic mass is 79.9. The van der Waals surface area contributed by atoms with Gasteiger partial charge in [0.25, 0.3) is 0 Å². The summed E-state index contributed by atoms with van der Waals surface area (Å²) < 4.78 is 1.04. The van der Waals surface area contributed by atoms with Crippen molar-refractivity contribution in [1.82, 2.24) is 9.97 Å². The largest absolute Gasteiger partial charge is 0.337 e. The monoisotopic (exact) mass is 332 g/mol. The molecule has 0 saturated carbocycles. The van der Waals surface area contributed by atoms with Crippen molar-refractivity contribution < 1.29 is 0 Å². The number of aromatic nitrogens is 2. The smallest absolute Gasteiger partial charge is 0.226 e. The fourth-order valence-corrected chi connectivity index (χ4v) is 3.14. The molecule has 3 rings (SSSR count). The van der Waals surface area contributed by atoms with Crippen molar-refractivity contribution in [2.75, 3.05) is 18.0 Å². The second kappa shape index (κ2) is 5.89. The molecule has 1 aromatic carbocycles. The Morgan fingerprint density at radius 2 is 2.15 bits per heavy atom. The van der Waals surface area contributed by atoms with Crippen LogP contribution in [-0.2, 0) is 0 Å². The molecular formula is C15H17BrN4. The van der Waals surface area contributed by atoms with Crippen LogP contribution in [-0.4, -0.2) is 29.1 Å². The van der Waals surface area contributed by atoms with E-state index in [-0.39, 0.29) is 0 Å². The molecule has 1 aliphatic heterocycles. The first-order chi connectivity index (χ1) is 9.79. The summed E-state index contributed by atoms with van der Waals surface area (Å²) in [4.78, 5) is 11.4. The third-order valence-corrected chi connectivity index (χ3v) is 4.39. The Balaban J connectivity index is 1.96. The molecule has 1 atom stereocenters. The van der Waals surface area contributed by atoms with Crippen LogP contribution >= 0.6 is 15.9 Å². The molecule has 2 N–H and O–H groups in total. The Kier molecular flexibility index (Phi) is 3.98. The number of hydrogen-bond donors (Lipinski definition) is 1. The normalized spacial score (nSPS) is 18.5. The number of hydrogen-bond acceptors (Lipinski definition) is 4. The van der Waals surface area contributed by atoms with Crippen molar-refractivity contribution in [1.29, 1.82) is 0 Å². The molecule has 104 valence electrons. The summed E-state index contributed by atoms with van der Waals surface area (Å²) in [5.41, 5.74) is 7.85. The average molecular weight is 333 g/mol. The lowest BCUT2D eigenvalue weighted by Crippen LogP contribution is -2.36. The van der Waals surface area contributed by atoms with Crippen molar-refractivity contribution in [2.24, 2.45) is 5.73 Å². The number of nitrogens with two attached hydrogens (primary N) is 1. The first-order valence-electron chi connectivity index (χ1n) is 6.84. The Morgan fingerprint density at radius 1 is 1.30 bits per heavy atom. The molecule has 2 aromatic rings. The molecule has 0 radical (unpaired) electrons. The molecule has 20 heavy (non-hydrogen) atoms.